The molecule has 2 rings (SSSR count). The SMILES string of the molecule is CCOC(=O)/C(C#N)=C\C=C(c1ccccc1)c1ccccc1. The van der Waals surface area contributed by atoms with Gasteiger partial charge < -0.3 is 4.74 Å². The van der Waals surface area contributed by atoms with E-state index in [4.69, 9.17) is 10.00 Å². The Kier molecular flexibility index (Phi) is 5.90. The molecular formula is C20H17NO2. The maximum atomic E-state index is 11.7. The molecule has 0 saturated heterocycles. The number of carbonyl (C=O) groups is 1. The van der Waals surface area contributed by atoms with Crippen molar-refractivity contribution in [1.82, 2.24) is 0 Å². The molecule has 0 heterocycles. The van der Waals surface area contributed by atoms with E-state index in [-0.39, 0.29) is 12.2 Å². The summed E-state index contributed by atoms with van der Waals surface area (Å²) in [7, 11) is 0. The first-order valence-electron chi connectivity index (χ1n) is 7.36. The first-order chi connectivity index (χ1) is 11.3. The van der Waals surface area contributed by atoms with Gasteiger partial charge in [-0.05, 0) is 29.7 Å². The van der Waals surface area contributed by atoms with Crippen molar-refractivity contribution in [3.8, 4) is 6.07 Å². The van der Waals surface area contributed by atoms with Gasteiger partial charge in [-0.2, -0.15) is 5.26 Å². The molecule has 0 N–H and O–H groups in total. The second-order valence-electron chi connectivity index (χ2n) is 4.73. The molecule has 0 aliphatic carbocycles. The van der Waals surface area contributed by atoms with Gasteiger partial charge in [-0.3, -0.25) is 0 Å². The van der Waals surface area contributed by atoms with Crippen LogP contribution in [0.3, 0.4) is 0 Å². The quantitative estimate of drug-likeness (QED) is 0.361. The summed E-state index contributed by atoms with van der Waals surface area (Å²) in [5, 5.41) is 9.13. The van der Waals surface area contributed by atoms with E-state index in [1.165, 1.54) is 6.08 Å². The predicted molar refractivity (Wildman–Crippen MR) is 90.3 cm³/mol. The lowest BCUT2D eigenvalue weighted by atomic mass is 9.97. The molecule has 0 radical (unpaired) electrons. The first kappa shape index (κ1) is 16.3. The predicted octanol–water partition coefficient (Wildman–Crippen LogP) is 4.13. The van der Waals surface area contributed by atoms with Gasteiger partial charge in [0.2, 0.25) is 0 Å². The molecule has 3 heteroatoms. The fourth-order valence-corrected chi connectivity index (χ4v) is 2.12. The van der Waals surface area contributed by atoms with E-state index < -0.39 is 5.97 Å². The van der Waals surface area contributed by atoms with Crippen molar-refractivity contribution >= 4 is 11.5 Å². The molecule has 2 aromatic carbocycles. The summed E-state index contributed by atoms with van der Waals surface area (Å²) >= 11 is 0. The van der Waals surface area contributed by atoms with Crippen molar-refractivity contribution in [1.29, 1.82) is 5.26 Å². The van der Waals surface area contributed by atoms with E-state index in [0.717, 1.165) is 16.7 Å². The Bertz CT molecular complexity index is 712. The summed E-state index contributed by atoms with van der Waals surface area (Å²) in [6.45, 7) is 1.95. The van der Waals surface area contributed by atoms with Gasteiger partial charge in [-0.25, -0.2) is 4.79 Å². The fourth-order valence-electron chi connectivity index (χ4n) is 2.12. The van der Waals surface area contributed by atoms with E-state index in [2.05, 4.69) is 0 Å². The van der Waals surface area contributed by atoms with Crippen LogP contribution in [0.4, 0.5) is 0 Å². The molecule has 0 aromatic heterocycles. The fraction of sp³-hybridized carbons (Fsp3) is 0.100. The molecule has 0 fully saturated rings. The highest BCUT2D eigenvalue weighted by molar-refractivity contribution is 5.94. The van der Waals surface area contributed by atoms with Crippen molar-refractivity contribution in [2.24, 2.45) is 0 Å². The van der Waals surface area contributed by atoms with Crippen LogP contribution in [0.1, 0.15) is 18.1 Å². The van der Waals surface area contributed by atoms with Crippen LogP contribution < -0.4 is 0 Å². The number of hydrogen-bond donors (Lipinski definition) is 0. The van der Waals surface area contributed by atoms with Gasteiger partial charge >= 0.3 is 5.97 Å². The third-order valence-corrected chi connectivity index (χ3v) is 3.20. The van der Waals surface area contributed by atoms with E-state index in [1.807, 2.05) is 66.7 Å². The summed E-state index contributed by atoms with van der Waals surface area (Å²) in [6, 6.07) is 21.5. The van der Waals surface area contributed by atoms with Gasteiger partial charge in [0.25, 0.3) is 0 Å². The summed E-state index contributed by atoms with van der Waals surface area (Å²) < 4.78 is 4.88. The van der Waals surface area contributed by atoms with E-state index in [1.54, 1.807) is 13.0 Å². The highest BCUT2D eigenvalue weighted by Crippen LogP contribution is 2.23. The van der Waals surface area contributed by atoms with Gasteiger partial charge in [0.1, 0.15) is 11.6 Å². The van der Waals surface area contributed by atoms with Crippen molar-refractivity contribution in [3.63, 3.8) is 0 Å². The molecule has 0 aliphatic rings. The Balaban J connectivity index is 2.46. The van der Waals surface area contributed by atoms with Crippen LogP contribution in [0.15, 0.2) is 78.4 Å². The average Bonchev–Trinajstić information content (AvgIpc) is 2.60. The molecule has 3 nitrogen and oxygen atoms in total. The van der Waals surface area contributed by atoms with Crippen LogP contribution in [0.5, 0.6) is 0 Å². The normalized spacial score (nSPS) is 10.5. The minimum atomic E-state index is -0.605. The molecule has 0 atom stereocenters. The third-order valence-electron chi connectivity index (χ3n) is 3.20. The molecule has 23 heavy (non-hydrogen) atoms. The molecule has 2 aromatic rings. The number of hydrogen-bond acceptors (Lipinski definition) is 3. The molecule has 0 unspecified atom stereocenters. The average molecular weight is 303 g/mol. The largest absolute Gasteiger partial charge is 0.462 e. The lowest BCUT2D eigenvalue weighted by molar-refractivity contribution is -0.138. The first-order valence-corrected chi connectivity index (χ1v) is 7.36. The maximum Gasteiger partial charge on any atom is 0.348 e. The number of allylic oxidation sites excluding steroid dienone is 2. The zero-order valence-corrected chi connectivity index (χ0v) is 12.9. The Labute approximate surface area is 136 Å². The molecular weight excluding hydrogens is 286 g/mol. The lowest BCUT2D eigenvalue weighted by Crippen LogP contribution is -2.05. The van der Waals surface area contributed by atoms with Crippen molar-refractivity contribution in [2.75, 3.05) is 6.61 Å². The zero-order chi connectivity index (χ0) is 16.5. The number of ether oxygens (including phenoxy) is 1. The standard InChI is InChI=1S/C20H17NO2/c1-2-23-20(22)18(15-21)13-14-19(16-9-5-3-6-10-16)17-11-7-4-8-12-17/h3-14H,2H2,1H3/b18-13-. The van der Waals surface area contributed by atoms with Crippen molar-refractivity contribution in [2.45, 2.75) is 6.92 Å². The molecule has 114 valence electrons. The molecule has 0 spiro atoms. The smallest absolute Gasteiger partial charge is 0.348 e. The Morgan fingerprint density at radius 1 is 1.00 bits per heavy atom. The summed E-state index contributed by atoms with van der Waals surface area (Å²) in [4.78, 5) is 11.7. The summed E-state index contributed by atoms with van der Waals surface area (Å²) in [5.41, 5.74) is 2.94. The van der Waals surface area contributed by atoms with Gasteiger partial charge in [-0.15, -0.1) is 0 Å². The van der Waals surface area contributed by atoms with Gasteiger partial charge in [-0.1, -0.05) is 66.7 Å². The van der Waals surface area contributed by atoms with Crippen LogP contribution in [0.2, 0.25) is 0 Å². The second kappa shape index (κ2) is 8.35. The summed E-state index contributed by atoms with van der Waals surface area (Å²) in [6.07, 6.45) is 3.29. The number of esters is 1. The van der Waals surface area contributed by atoms with E-state index >= 15 is 0 Å². The van der Waals surface area contributed by atoms with Crippen LogP contribution >= 0.6 is 0 Å². The minimum absolute atomic E-state index is 0.0174. The maximum absolute atomic E-state index is 11.7. The highest BCUT2D eigenvalue weighted by atomic mass is 16.5. The van der Waals surface area contributed by atoms with Crippen LogP contribution in [0.25, 0.3) is 5.57 Å². The summed E-state index contributed by atoms with van der Waals surface area (Å²) in [5.74, 6) is -0.605. The monoisotopic (exact) mass is 303 g/mol. The number of rotatable bonds is 5. The third kappa shape index (κ3) is 4.42. The van der Waals surface area contributed by atoms with Crippen molar-refractivity contribution in [3.05, 3.63) is 89.5 Å². The number of carbonyl (C=O) groups excluding carboxylic acids is 1. The minimum Gasteiger partial charge on any atom is -0.462 e. The number of nitriles is 1. The van der Waals surface area contributed by atoms with Crippen LogP contribution in [-0.4, -0.2) is 12.6 Å². The van der Waals surface area contributed by atoms with Gasteiger partial charge in [0.15, 0.2) is 0 Å². The van der Waals surface area contributed by atoms with E-state index in [0.29, 0.717) is 0 Å². The van der Waals surface area contributed by atoms with Gasteiger partial charge in [0, 0.05) is 0 Å². The Hall–Kier alpha value is -3.12. The molecule has 0 aliphatic heterocycles. The van der Waals surface area contributed by atoms with Gasteiger partial charge in [0.05, 0.1) is 6.61 Å². The van der Waals surface area contributed by atoms with E-state index in [9.17, 15) is 4.79 Å². The highest BCUT2D eigenvalue weighted by Gasteiger charge is 2.09. The van der Waals surface area contributed by atoms with Crippen LogP contribution in [-0.2, 0) is 9.53 Å². The number of benzene rings is 2. The zero-order valence-electron chi connectivity index (χ0n) is 12.9. The van der Waals surface area contributed by atoms with Crippen LogP contribution in [0, 0.1) is 11.3 Å². The molecule has 0 amide bonds. The Morgan fingerprint density at radius 3 is 1.96 bits per heavy atom. The topological polar surface area (TPSA) is 50.1 Å². The molecule has 0 bridgehead atoms. The second-order valence-corrected chi connectivity index (χ2v) is 4.73. The number of nitrogens with zero attached hydrogens (tertiary/aromatic N) is 1. The lowest BCUT2D eigenvalue weighted by Gasteiger charge is -2.07. The molecule has 0 saturated carbocycles. The Morgan fingerprint density at radius 2 is 1.52 bits per heavy atom. The van der Waals surface area contributed by atoms with Crippen molar-refractivity contribution < 1.29 is 9.53 Å².